The first-order chi connectivity index (χ1) is 8.99. The predicted octanol–water partition coefficient (Wildman–Crippen LogP) is 3.45. The Balaban J connectivity index is 2.02. The number of piperidine rings is 1. The van der Waals surface area contributed by atoms with Gasteiger partial charge in [0.15, 0.2) is 0 Å². The van der Waals surface area contributed by atoms with Gasteiger partial charge in [0.2, 0.25) is 0 Å². The van der Waals surface area contributed by atoms with Gasteiger partial charge >= 0.3 is 5.97 Å². The van der Waals surface area contributed by atoms with Gasteiger partial charge in [-0.3, -0.25) is 9.69 Å². The lowest BCUT2D eigenvalue weighted by atomic mass is 9.95. The molecule has 1 fully saturated rings. The molecule has 0 saturated carbocycles. The van der Waals surface area contributed by atoms with Crippen LogP contribution in [-0.2, 0) is 4.79 Å². The number of likely N-dealkylation sites (tertiary alicyclic amines) is 1. The zero-order chi connectivity index (χ0) is 14.0. The summed E-state index contributed by atoms with van der Waals surface area (Å²) < 4.78 is 13.7. The first-order valence-electron chi connectivity index (χ1n) is 6.41. The van der Waals surface area contributed by atoms with E-state index < -0.39 is 5.97 Å². The molecular formula is C14H17BrFNO2. The van der Waals surface area contributed by atoms with Gasteiger partial charge in [0, 0.05) is 6.04 Å². The van der Waals surface area contributed by atoms with Crippen molar-refractivity contribution in [1.82, 2.24) is 4.90 Å². The van der Waals surface area contributed by atoms with Crippen LogP contribution < -0.4 is 0 Å². The third-order valence-corrected chi connectivity index (χ3v) is 4.46. The molecule has 0 radical (unpaired) electrons. The number of carbonyl (C=O) groups is 1. The highest BCUT2D eigenvalue weighted by atomic mass is 79.9. The van der Waals surface area contributed by atoms with Crippen molar-refractivity contribution < 1.29 is 14.3 Å². The molecule has 1 saturated heterocycles. The van der Waals surface area contributed by atoms with E-state index >= 15 is 0 Å². The lowest BCUT2D eigenvalue weighted by Crippen LogP contribution is -2.37. The Hall–Kier alpha value is -0.940. The zero-order valence-corrected chi connectivity index (χ0v) is 12.4. The summed E-state index contributed by atoms with van der Waals surface area (Å²) >= 11 is 3.20. The number of rotatable bonds is 3. The second kappa shape index (κ2) is 6.01. The third kappa shape index (κ3) is 3.34. The van der Waals surface area contributed by atoms with E-state index in [9.17, 15) is 9.18 Å². The number of halogens is 2. The van der Waals surface area contributed by atoms with Crippen molar-refractivity contribution in [2.45, 2.75) is 25.8 Å². The molecule has 2 rings (SSSR count). The van der Waals surface area contributed by atoms with Crippen molar-refractivity contribution in [3.8, 4) is 0 Å². The van der Waals surface area contributed by atoms with E-state index in [4.69, 9.17) is 5.11 Å². The summed E-state index contributed by atoms with van der Waals surface area (Å²) in [5.74, 6) is -1.18. The molecule has 0 amide bonds. The maximum atomic E-state index is 13.2. The van der Waals surface area contributed by atoms with E-state index in [1.165, 1.54) is 6.07 Å². The van der Waals surface area contributed by atoms with Gasteiger partial charge in [-0.2, -0.15) is 0 Å². The van der Waals surface area contributed by atoms with E-state index in [2.05, 4.69) is 27.8 Å². The summed E-state index contributed by atoms with van der Waals surface area (Å²) in [5, 5.41) is 8.98. The fourth-order valence-electron chi connectivity index (χ4n) is 2.52. The summed E-state index contributed by atoms with van der Waals surface area (Å²) in [7, 11) is 0. The summed E-state index contributed by atoms with van der Waals surface area (Å²) in [6.07, 6.45) is 1.37. The second-order valence-corrected chi connectivity index (χ2v) is 5.85. The lowest BCUT2D eigenvalue weighted by Gasteiger charge is -2.35. The molecule has 3 nitrogen and oxygen atoms in total. The molecule has 1 aliphatic heterocycles. The number of aliphatic carboxylic acids is 1. The molecule has 1 aliphatic rings. The van der Waals surface area contributed by atoms with E-state index in [0.717, 1.165) is 18.7 Å². The topological polar surface area (TPSA) is 40.5 Å². The van der Waals surface area contributed by atoms with Crippen molar-refractivity contribution in [3.05, 3.63) is 34.1 Å². The number of hydrogen-bond acceptors (Lipinski definition) is 2. The molecular weight excluding hydrogens is 313 g/mol. The fourth-order valence-corrected chi connectivity index (χ4v) is 2.91. The minimum atomic E-state index is -0.697. The fraction of sp³-hybridized carbons (Fsp3) is 0.500. The van der Waals surface area contributed by atoms with Crippen LogP contribution in [0.15, 0.2) is 22.7 Å². The molecule has 1 heterocycles. The molecule has 1 atom stereocenters. The maximum absolute atomic E-state index is 13.2. The average molecular weight is 330 g/mol. The summed E-state index contributed by atoms with van der Waals surface area (Å²) in [6, 6.07) is 5.21. The van der Waals surface area contributed by atoms with Crippen LogP contribution in [0, 0.1) is 11.7 Å². The first-order valence-corrected chi connectivity index (χ1v) is 7.20. The van der Waals surface area contributed by atoms with Crippen LogP contribution in [0.1, 0.15) is 31.4 Å². The van der Waals surface area contributed by atoms with Crippen LogP contribution in [0.4, 0.5) is 4.39 Å². The van der Waals surface area contributed by atoms with Crippen molar-refractivity contribution in [2.75, 3.05) is 13.1 Å². The molecule has 1 N–H and O–H groups in total. The Morgan fingerprint density at radius 1 is 1.47 bits per heavy atom. The van der Waals surface area contributed by atoms with Crippen molar-refractivity contribution in [1.29, 1.82) is 0 Å². The summed E-state index contributed by atoms with van der Waals surface area (Å²) in [6.45, 7) is 3.61. The van der Waals surface area contributed by atoms with Crippen LogP contribution in [0.25, 0.3) is 0 Å². The molecule has 19 heavy (non-hydrogen) atoms. The molecule has 5 heteroatoms. The SMILES string of the molecule is CC(c1ccc(F)c(Br)c1)N1CCC(C(=O)O)CC1. The Bertz CT molecular complexity index is 473. The van der Waals surface area contributed by atoms with Gasteiger partial charge in [0.05, 0.1) is 10.4 Å². The van der Waals surface area contributed by atoms with Gasteiger partial charge in [0.1, 0.15) is 5.82 Å². The highest BCUT2D eigenvalue weighted by Gasteiger charge is 2.27. The molecule has 0 aromatic heterocycles. The average Bonchev–Trinajstić information content (AvgIpc) is 2.41. The molecule has 1 unspecified atom stereocenters. The second-order valence-electron chi connectivity index (χ2n) is 5.00. The minimum Gasteiger partial charge on any atom is -0.481 e. The van der Waals surface area contributed by atoms with Gasteiger partial charge in [-0.25, -0.2) is 4.39 Å². The van der Waals surface area contributed by atoms with Gasteiger partial charge in [-0.1, -0.05) is 6.07 Å². The van der Waals surface area contributed by atoms with Gasteiger partial charge in [-0.05, 0) is 66.5 Å². The molecule has 1 aromatic rings. The normalized spacial score (nSPS) is 19.3. The van der Waals surface area contributed by atoms with Crippen LogP contribution in [0.2, 0.25) is 0 Å². The number of hydrogen-bond donors (Lipinski definition) is 1. The monoisotopic (exact) mass is 329 g/mol. The van der Waals surface area contributed by atoms with Crippen LogP contribution >= 0.6 is 15.9 Å². The summed E-state index contributed by atoms with van der Waals surface area (Å²) in [5.41, 5.74) is 1.04. The molecule has 0 spiro atoms. The van der Waals surface area contributed by atoms with Crippen LogP contribution in [0.5, 0.6) is 0 Å². The highest BCUT2D eigenvalue weighted by Crippen LogP contribution is 2.28. The standard InChI is InChI=1S/C14H17BrFNO2/c1-9(11-2-3-13(16)12(15)8-11)17-6-4-10(5-7-17)14(18)19/h2-3,8-10H,4-7H2,1H3,(H,18,19). The Labute approximate surface area is 120 Å². The molecule has 104 valence electrons. The predicted molar refractivity (Wildman–Crippen MR) is 74.4 cm³/mol. The summed E-state index contributed by atoms with van der Waals surface area (Å²) in [4.78, 5) is 13.2. The minimum absolute atomic E-state index is 0.173. The number of carboxylic acid groups (broad SMARTS) is 1. The zero-order valence-electron chi connectivity index (χ0n) is 10.8. The van der Waals surface area contributed by atoms with E-state index in [1.807, 2.05) is 0 Å². The Kier molecular flexibility index (Phi) is 4.58. The lowest BCUT2D eigenvalue weighted by molar-refractivity contribution is -0.143. The van der Waals surface area contributed by atoms with E-state index in [-0.39, 0.29) is 17.8 Å². The molecule has 0 aliphatic carbocycles. The Morgan fingerprint density at radius 3 is 2.63 bits per heavy atom. The van der Waals surface area contributed by atoms with Crippen molar-refractivity contribution in [3.63, 3.8) is 0 Å². The largest absolute Gasteiger partial charge is 0.481 e. The van der Waals surface area contributed by atoms with Crippen LogP contribution in [-0.4, -0.2) is 29.1 Å². The van der Waals surface area contributed by atoms with Gasteiger partial charge in [-0.15, -0.1) is 0 Å². The number of nitrogens with zero attached hydrogens (tertiary/aromatic N) is 1. The Morgan fingerprint density at radius 2 is 2.11 bits per heavy atom. The van der Waals surface area contributed by atoms with Gasteiger partial charge in [0.25, 0.3) is 0 Å². The van der Waals surface area contributed by atoms with Gasteiger partial charge < -0.3 is 5.11 Å². The third-order valence-electron chi connectivity index (χ3n) is 3.85. The first kappa shape index (κ1) is 14.5. The van der Waals surface area contributed by atoms with Crippen LogP contribution in [0.3, 0.4) is 0 Å². The van der Waals surface area contributed by atoms with Crippen molar-refractivity contribution >= 4 is 21.9 Å². The molecule has 0 bridgehead atoms. The quantitative estimate of drug-likeness (QED) is 0.923. The molecule has 1 aromatic carbocycles. The van der Waals surface area contributed by atoms with Crippen molar-refractivity contribution in [2.24, 2.45) is 5.92 Å². The maximum Gasteiger partial charge on any atom is 0.306 e. The van der Waals surface area contributed by atoms with E-state index in [0.29, 0.717) is 17.3 Å². The highest BCUT2D eigenvalue weighted by molar-refractivity contribution is 9.10. The number of carboxylic acids is 1. The van der Waals surface area contributed by atoms with E-state index in [1.54, 1.807) is 12.1 Å². The smallest absolute Gasteiger partial charge is 0.306 e. The number of benzene rings is 1.